The summed E-state index contributed by atoms with van der Waals surface area (Å²) < 4.78 is 5.81. The van der Waals surface area contributed by atoms with Gasteiger partial charge in [0.05, 0.1) is 52.3 Å². The highest BCUT2D eigenvalue weighted by molar-refractivity contribution is 7.18. The monoisotopic (exact) mass is 470 g/mol. The highest BCUT2D eigenvalue weighted by Gasteiger charge is 2.36. The van der Waals surface area contributed by atoms with E-state index >= 15 is 0 Å². The Morgan fingerprint density at radius 1 is 1.25 bits per heavy atom. The highest BCUT2D eigenvalue weighted by Crippen LogP contribution is 2.47. The van der Waals surface area contributed by atoms with E-state index in [0.717, 1.165) is 33.8 Å². The standard InChI is InChI=1S/C20H19ClN8O2S/c1-10-26-16-15(17(31-2)11-3-4-11)14(9-23-19(16)32-10)28-20(30)27-12-7-13(21)18(22-8-12)29-24-5-6-25-29/h5-9,11,17H,3-4H2,1-2H3,(H2,27,28,30). The second kappa shape index (κ2) is 8.41. The van der Waals surface area contributed by atoms with Crippen LogP contribution in [0.5, 0.6) is 0 Å². The van der Waals surface area contributed by atoms with Crippen molar-refractivity contribution in [3.05, 3.63) is 46.4 Å². The molecular formula is C20H19ClN8O2S. The molecule has 2 amide bonds. The number of thiazole rings is 1. The minimum Gasteiger partial charge on any atom is -0.376 e. The Morgan fingerprint density at radius 3 is 2.72 bits per heavy atom. The van der Waals surface area contributed by atoms with Crippen LogP contribution in [0.4, 0.5) is 16.2 Å². The number of pyridine rings is 2. The van der Waals surface area contributed by atoms with E-state index in [2.05, 4.69) is 35.8 Å². The number of fused-ring (bicyclic) bond motifs is 1. The van der Waals surface area contributed by atoms with Gasteiger partial charge in [0.15, 0.2) is 5.82 Å². The van der Waals surface area contributed by atoms with E-state index < -0.39 is 6.03 Å². The number of aromatic nitrogens is 6. The predicted molar refractivity (Wildman–Crippen MR) is 121 cm³/mol. The summed E-state index contributed by atoms with van der Waals surface area (Å²) in [6, 6.07) is 1.13. The molecule has 1 unspecified atom stereocenters. The van der Waals surface area contributed by atoms with Crippen molar-refractivity contribution >= 4 is 50.7 Å². The lowest BCUT2D eigenvalue weighted by atomic mass is 10.0. The summed E-state index contributed by atoms with van der Waals surface area (Å²) in [5.41, 5.74) is 2.62. The van der Waals surface area contributed by atoms with Gasteiger partial charge in [0.1, 0.15) is 10.3 Å². The average molecular weight is 471 g/mol. The number of aryl methyl sites for hydroxylation is 1. The summed E-state index contributed by atoms with van der Waals surface area (Å²) in [6.07, 6.45) is 8.20. The van der Waals surface area contributed by atoms with Gasteiger partial charge in [-0.25, -0.2) is 19.7 Å². The van der Waals surface area contributed by atoms with Crippen LogP contribution in [0.1, 0.15) is 29.5 Å². The SMILES string of the molecule is COC(c1c(NC(=O)Nc2cnc(-n3nccn3)c(Cl)c2)cnc2sc(C)nc12)C1CC1. The van der Waals surface area contributed by atoms with Crippen molar-refractivity contribution < 1.29 is 9.53 Å². The van der Waals surface area contributed by atoms with E-state index in [1.54, 1.807) is 19.4 Å². The fourth-order valence-electron chi connectivity index (χ4n) is 3.59. The van der Waals surface area contributed by atoms with Crippen LogP contribution in [0.2, 0.25) is 5.02 Å². The van der Waals surface area contributed by atoms with E-state index in [4.69, 9.17) is 16.3 Å². The van der Waals surface area contributed by atoms with Crippen molar-refractivity contribution in [2.45, 2.75) is 25.9 Å². The molecule has 1 fully saturated rings. The topological polar surface area (TPSA) is 120 Å². The van der Waals surface area contributed by atoms with Crippen LogP contribution in [0.25, 0.3) is 16.2 Å². The first-order chi connectivity index (χ1) is 15.5. The van der Waals surface area contributed by atoms with Crippen LogP contribution in [-0.2, 0) is 4.74 Å². The molecule has 0 aromatic carbocycles. The summed E-state index contributed by atoms with van der Waals surface area (Å²) in [6.45, 7) is 1.94. The van der Waals surface area contributed by atoms with Crippen LogP contribution in [0.15, 0.2) is 30.9 Å². The number of ether oxygens (including phenoxy) is 1. The van der Waals surface area contributed by atoms with Gasteiger partial charge in [-0.05, 0) is 31.7 Å². The lowest BCUT2D eigenvalue weighted by molar-refractivity contribution is 0.0861. The maximum Gasteiger partial charge on any atom is 0.323 e. The Kier molecular flexibility index (Phi) is 5.45. The van der Waals surface area contributed by atoms with Crippen LogP contribution in [-0.4, -0.2) is 43.1 Å². The third-order valence-corrected chi connectivity index (χ3v) is 6.25. The maximum absolute atomic E-state index is 12.8. The zero-order valence-corrected chi connectivity index (χ0v) is 18.8. The molecule has 4 heterocycles. The number of rotatable bonds is 6. The Balaban J connectivity index is 1.41. The van der Waals surface area contributed by atoms with Gasteiger partial charge >= 0.3 is 6.03 Å². The number of amides is 2. The lowest BCUT2D eigenvalue weighted by Crippen LogP contribution is -2.22. The molecule has 5 rings (SSSR count). The minimum absolute atomic E-state index is 0.158. The molecule has 32 heavy (non-hydrogen) atoms. The predicted octanol–water partition coefficient (Wildman–Crippen LogP) is 4.37. The third-order valence-electron chi connectivity index (χ3n) is 5.10. The van der Waals surface area contributed by atoms with Crippen molar-refractivity contribution in [3.8, 4) is 5.82 Å². The van der Waals surface area contributed by atoms with Crippen molar-refractivity contribution in [1.82, 2.24) is 29.9 Å². The zero-order chi connectivity index (χ0) is 22.2. The largest absolute Gasteiger partial charge is 0.376 e. The Labute approximate surface area is 192 Å². The molecule has 10 nitrogen and oxygen atoms in total. The molecule has 1 saturated carbocycles. The quantitative estimate of drug-likeness (QED) is 0.429. The minimum atomic E-state index is -0.451. The molecule has 0 aliphatic heterocycles. The van der Waals surface area contributed by atoms with Gasteiger partial charge in [0.25, 0.3) is 0 Å². The Hall–Kier alpha value is -3.15. The fourth-order valence-corrected chi connectivity index (χ4v) is 4.60. The van der Waals surface area contributed by atoms with Gasteiger partial charge in [0, 0.05) is 12.7 Å². The molecule has 0 radical (unpaired) electrons. The van der Waals surface area contributed by atoms with Gasteiger partial charge in [-0.3, -0.25) is 0 Å². The third kappa shape index (κ3) is 4.01. The summed E-state index contributed by atoms with van der Waals surface area (Å²) in [5.74, 6) is 0.772. The van der Waals surface area contributed by atoms with Gasteiger partial charge < -0.3 is 15.4 Å². The van der Waals surface area contributed by atoms with E-state index in [1.165, 1.54) is 34.7 Å². The average Bonchev–Trinajstić information content (AvgIpc) is 3.29. The number of hydrogen-bond donors (Lipinski definition) is 2. The molecule has 12 heteroatoms. The maximum atomic E-state index is 12.8. The first-order valence-electron chi connectivity index (χ1n) is 9.92. The van der Waals surface area contributed by atoms with Gasteiger partial charge in [0.2, 0.25) is 0 Å². The Bertz CT molecular complexity index is 1290. The Morgan fingerprint density at radius 2 is 2.03 bits per heavy atom. The molecule has 2 N–H and O–H groups in total. The number of anilines is 2. The first kappa shape index (κ1) is 20.7. The summed E-state index contributed by atoms with van der Waals surface area (Å²) >= 11 is 7.81. The summed E-state index contributed by atoms with van der Waals surface area (Å²) in [7, 11) is 1.68. The molecule has 1 atom stereocenters. The molecule has 0 spiro atoms. The molecular weight excluding hydrogens is 452 g/mol. The van der Waals surface area contributed by atoms with Crippen molar-refractivity contribution in [3.63, 3.8) is 0 Å². The van der Waals surface area contributed by atoms with E-state index in [1.807, 2.05) is 6.92 Å². The molecule has 164 valence electrons. The van der Waals surface area contributed by atoms with Crippen molar-refractivity contribution in [2.24, 2.45) is 5.92 Å². The lowest BCUT2D eigenvalue weighted by Gasteiger charge is -2.19. The number of halogens is 1. The molecule has 1 aliphatic carbocycles. The summed E-state index contributed by atoms with van der Waals surface area (Å²) in [4.78, 5) is 28.3. The number of carbonyl (C=O) groups is 1. The number of carbonyl (C=O) groups excluding carboxylic acids is 1. The van der Waals surface area contributed by atoms with Crippen LogP contribution >= 0.6 is 22.9 Å². The fraction of sp³-hybridized carbons (Fsp3) is 0.300. The second-order valence-corrected chi connectivity index (χ2v) is 8.98. The van der Waals surface area contributed by atoms with E-state index in [0.29, 0.717) is 28.1 Å². The molecule has 0 saturated heterocycles. The number of nitrogens with zero attached hydrogens (tertiary/aromatic N) is 6. The van der Waals surface area contributed by atoms with Gasteiger partial charge in [-0.15, -0.1) is 4.80 Å². The number of methoxy groups -OCH3 is 1. The van der Waals surface area contributed by atoms with Gasteiger partial charge in [-0.2, -0.15) is 10.2 Å². The number of urea groups is 1. The molecule has 1 aliphatic rings. The number of hydrogen-bond acceptors (Lipinski definition) is 8. The molecule has 4 aromatic heterocycles. The van der Waals surface area contributed by atoms with E-state index in [9.17, 15) is 4.79 Å². The van der Waals surface area contributed by atoms with Crippen LogP contribution in [0, 0.1) is 12.8 Å². The second-order valence-electron chi connectivity index (χ2n) is 7.39. The summed E-state index contributed by atoms with van der Waals surface area (Å²) in [5, 5.41) is 14.9. The highest BCUT2D eigenvalue weighted by atomic mass is 35.5. The van der Waals surface area contributed by atoms with Crippen LogP contribution in [0.3, 0.4) is 0 Å². The van der Waals surface area contributed by atoms with E-state index in [-0.39, 0.29) is 6.10 Å². The molecule has 0 bridgehead atoms. The zero-order valence-electron chi connectivity index (χ0n) is 17.2. The van der Waals surface area contributed by atoms with Crippen LogP contribution < -0.4 is 10.6 Å². The normalized spacial score (nSPS) is 14.5. The molecule has 4 aromatic rings. The van der Waals surface area contributed by atoms with Crippen molar-refractivity contribution in [2.75, 3.05) is 17.7 Å². The van der Waals surface area contributed by atoms with Crippen molar-refractivity contribution in [1.29, 1.82) is 0 Å². The first-order valence-corrected chi connectivity index (χ1v) is 11.1. The van der Waals surface area contributed by atoms with Gasteiger partial charge in [-0.1, -0.05) is 22.9 Å². The number of nitrogens with one attached hydrogen (secondary N) is 2. The smallest absolute Gasteiger partial charge is 0.323 e.